The van der Waals surface area contributed by atoms with Crippen molar-refractivity contribution in [2.24, 2.45) is 0 Å². The van der Waals surface area contributed by atoms with Gasteiger partial charge in [0.05, 0.1) is 10.5 Å². The second-order valence-corrected chi connectivity index (χ2v) is 8.26. The van der Waals surface area contributed by atoms with Crippen molar-refractivity contribution in [2.75, 3.05) is 26.2 Å². The number of halogens is 1. The van der Waals surface area contributed by atoms with Crippen LogP contribution in [0.25, 0.3) is 0 Å². The number of benzene rings is 2. The smallest absolute Gasteiger partial charge is 0.244 e. The molecule has 1 fully saturated rings. The van der Waals surface area contributed by atoms with Crippen molar-refractivity contribution in [1.82, 2.24) is 9.21 Å². The summed E-state index contributed by atoms with van der Waals surface area (Å²) < 4.78 is 27.1. The maximum atomic E-state index is 12.8. The maximum Gasteiger partial charge on any atom is 0.244 e. The molecular formula is C18H18ClN3O2S. The molecule has 2 aromatic carbocycles. The van der Waals surface area contributed by atoms with Crippen LogP contribution in [0.3, 0.4) is 0 Å². The molecule has 1 aliphatic rings. The van der Waals surface area contributed by atoms with Crippen molar-refractivity contribution in [1.29, 1.82) is 5.26 Å². The van der Waals surface area contributed by atoms with E-state index in [1.165, 1.54) is 16.4 Å². The normalized spacial score (nSPS) is 16.5. The number of hydrogen-bond acceptors (Lipinski definition) is 4. The van der Waals surface area contributed by atoms with E-state index in [9.17, 15) is 8.42 Å². The van der Waals surface area contributed by atoms with Gasteiger partial charge < -0.3 is 0 Å². The number of rotatable bonds is 4. The number of sulfonamides is 1. The van der Waals surface area contributed by atoms with Gasteiger partial charge in [0.1, 0.15) is 6.07 Å². The van der Waals surface area contributed by atoms with E-state index in [-0.39, 0.29) is 10.5 Å². The standard InChI is InChI=1S/C18H18ClN3O2S/c19-17-6-3-4-15(12-17)14-21-8-10-22(11-9-21)25(23,24)18-7-2-1-5-16(18)13-20/h1-7,12H,8-11,14H2. The Hall–Kier alpha value is -1.91. The monoisotopic (exact) mass is 375 g/mol. The highest BCUT2D eigenvalue weighted by Crippen LogP contribution is 2.22. The van der Waals surface area contributed by atoms with Crippen LogP contribution in [0.2, 0.25) is 5.02 Å². The molecule has 0 aromatic heterocycles. The lowest BCUT2D eigenvalue weighted by Gasteiger charge is -2.34. The molecule has 0 radical (unpaired) electrons. The summed E-state index contributed by atoms with van der Waals surface area (Å²) in [6.45, 7) is 2.83. The molecule has 7 heteroatoms. The van der Waals surface area contributed by atoms with Gasteiger partial charge in [-0.05, 0) is 29.8 Å². The fraction of sp³-hybridized carbons (Fsp3) is 0.278. The average Bonchev–Trinajstić information content (AvgIpc) is 2.62. The zero-order chi connectivity index (χ0) is 17.9. The molecule has 0 aliphatic carbocycles. The van der Waals surface area contributed by atoms with E-state index in [4.69, 9.17) is 16.9 Å². The van der Waals surface area contributed by atoms with E-state index in [1.54, 1.807) is 12.1 Å². The van der Waals surface area contributed by atoms with E-state index in [0.717, 1.165) is 12.1 Å². The van der Waals surface area contributed by atoms with E-state index < -0.39 is 10.0 Å². The molecule has 0 unspecified atom stereocenters. The van der Waals surface area contributed by atoms with Gasteiger partial charge in [-0.15, -0.1) is 0 Å². The van der Waals surface area contributed by atoms with Gasteiger partial charge >= 0.3 is 0 Å². The minimum absolute atomic E-state index is 0.0841. The molecular weight excluding hydrogens is 358 g/mol. The third-order valence-corrected chi connectivity index (χ3v) is 6.44. The van der Waals surface area contributed by atoms with Gasteiger partial charge in [-0.25, -0.2) is 8.42 Å². The van der Waals surface area contributed by atoms with Gasteiger partial charge in [0.2, 0.25) is 10.0 Å². The molecule has 3 rings (SSSR count). The number of hydrogen-bond donors (Lipinski definition) is 0. The summed E-state index contributed by atoms with van der Waals surface area (Å²) in [6.07, 6.45) is 0. The molecule has 25 heavy (non-hydrogen) atoms. The molecule has 0 spiro atoms. The second-order valence-electron chi connectivity index (χ2n) is 5.92. The third kappa shape index (κ3) is 4.02. The highest BCUT2D eigenvalue weighted by Gasteiger charge is 2.30. The fourth-order valence-electron chi connectivity index (χ4n) is 2.94. The molecule has 5 nitrogen and oxygen atoms in total. The number of nitrogens with zero attached hydrogens (tertiary/aromatic N) is 3. The van der Waals surface area contributed by atoms with Gasteiger partial charge in [0, 0.05) is 37.7 Å². The molecule has 0 atom stereocenters. The Bertz CT molecular complexity index is 901. The summed E-state index contributed by atoms with van der Waals surface area (Å²) >= 11 is 6.01. The Labute approximate surface area is 153 Å². The molecule has 0 N–H and O–H groups in total. The largest absolute Gasteiger partial charge is 0.296 e. The van der Waals surface area contributed by atoms with Crippen molar-refractivity contribution < 1.29 is 8.42 Å². The highest BCUT2D eigenvalue weighted by atomic mass is 35.5. The van der Waals surface area contributed by atoms with Crippen LogP contribution in [0.1, 0.15) is 11.1 Å². The van der Waals surface area contributed by atoms with Crippen LogP contribution in [-0.4, -0.2) is 43.8 Å². The molecule has 1 heterocycles. The lowest BCUT2D eigenvalue weighted by molar-refractivity contribution is 0.181. The molecule has 1 aliphatic heterocycles. The summed E-state index contributed by atoms with van der Waals surface area (Å²) in [6, 6.07) is 16.0. The van der Waals surface area contributed by atoms with Crippen molar-refractivity contribution >= 4 is 21.6 Å². The molecule has 0 amide bonds. The summed E-state index contributed by atoms with van der Waals surface area (Å²) in [5.41, 5.74) is 1.29. The third-order valence-electron chi connectivity index (χ3n) is 4.25. The van der Waals surface area contributed by atoms with Gasteiger partial charge in [-0.2, -0.15) is 9.57 Å². The zero-order valence-electron chi connectivity index (χ0n) is 13.6. The van der Waals surface area contributed by atoms with E-state index in [0.29, 0.717) is 31.2 Å². The van der Waals surface area contributed by atoms with Crippen LogP contribution in [-0.2, 0) is 16.6 Å². The molecule has 1 saturated heterocycles. The average molecular weight is 376 g/mol. The Balaban J connectivity index is 1.68. The first-order valence-corrected chi connectivity index (χ1v) is 9.78. The lowest BCUT2D eigenvalue weighted by Crippen LogP contribution is -2.48. The molecule has 2 aromatic rings. The van der Waals surface area contributed by atoms with Gasteiger partial charge in [-0.1, -0.05) is 35.9 Å². The van der Waals surface area contributed by atoms with Gasteiger partial charge in [-0.3, -0.25) is 4.90 Å². The summed E-state index contributed by atoms with van der Waals surface area (Å²) in [4.78, 5) is 2.29. The highest BCUT2D eigenvalue weighted by molar-refractivity contribution is 7.89. The van der Waals surface area contributed by atoms with Crippen LogP contribution in [0.4, 0.5) is 0 Å². The summed E-state index contributed by atoms with van der Waals surface area (Å²) in [5, 5.41) is 9.86. The minimum atomic E-state index is -3.64. The number of piperazine rings is 1. The Morgan fingerprint density at radius 1 is 1.04 bits per heavy atom. The molecule has 130 valence electrons. The van der Waals surface area contributed by atoms with Crippen LogP contribution in [0.15, 0.2) is 53.4 Å². The van der Waals surface area contributed by atoms with Crippen LogP contribution < -0.4 is 0 Å². The number of nitriles is 1. The van der Waals surface area contributed by atoms with E-state index >= 15 is 0 Å². The minimum Gasteiger partial charge on any atom is -0.296 e. The Morgan fingerprint density at radius 3 is 2.44 bits per heavy atom. The van der Waals surface area contributed by atoms with Crippen molar-refractivity contribution in [3.63, 3.8) is 0 Å². The first kappa shape index (κ1) is 17.9. The maximum absolute atomic E-state index is 12.8. The van der Waals surface area contributed by atoms with E-state index in [2.05, 4.69) is 4.90 Å². The summed E-state index contributed by atoms with van der Waals surface area (Å²) in [7, 11) is -3.64. The quantitative estimate of drug-likeness (QED) is 0.824. The Kier molecular flexibility index (Phi) is 5.40. The Morgan fingerprint density at radius 2 is 1.76 bits per heavy atom. The zero-order valence-corrected chi connectivity index (χ0v) is 15.2. The predicted octanol–water partition coefficient (Wildman–Crippen LogP) is 2.72. The second kappa shape index (κ2) is 7.54. The van der Waals surface area contributed by atoms with Crippen LogP contribution in [0, 0.1) is 11.3 Å². The van der Waals surface area contributed by atoms with E-state index in [1.807, 2.05) is 30.3 Å². The topological polar surface area (TPSA) is 64.4 Å². The van der Waals surface area contributed by atoms with Crippen molar-refractivity contribution in [3.8, 4) is 6.07 Å². The molecule has 0 bridgehead atoms. The first-order chi connectivity index (χ1) is 12.0. The van der Waals surface area contributed by atoms with Crippen LogP contribution >= 0.6 is 11.6 Å². The van der Waals surface area contributed by atoms with Crippen LogP contribution in [0.5, 0.6) is 0 Å². The molecule has 0 saturated carbocycles. The van der Waals surface area contributed by atoms with Gasteiger partial charge in [0.15, 0.2) is 0 Å². The SMILES string of the molecule is N#Cc1ccccc1S(=O)(=O)N1CCN(Cc2cccc(Cl)c2)CC1. The fourth-order valence-corrected chi connectivity index (χ4v) is 4.72. The summed E-state index contributed by atoms with van der Waals surface area (Å²) in [5.74, 6) is 0. The lowest BCUT2D eigenvalue weighted by atomic mass is 10.2. The first-order valence-electron chi connectivity index (χ1n) is 7.97. The predicted molar refractivity (Wildman–Crippen MR) is 96.6 cm³/mol. The van der Waals surface area contributed by atoms with Crippen molar-refractivity contribution in [2.45, 2.75) is 11.4 Å². The van der Waals surface area contributed by atoms with Gasteiger partial charge in [0.25, 0.3) is 0 Å². The van der Waals surface area contributed by atoms with Crippen molar-refractivity contribution in [3.05, 3.63) is 64.7 Å².